The summed E-state index contributed by atoms with van der Waals surface area (Å²) in [5.74, 6) is -1.47. The molecule has 0 unspecified atom stereocenters. The number of aliphatic carboxylic acids is 1. The summed E-state index contributed by atoms with van der Waals surface area (Å²) in [6.45, 7) is 0. The average molecular weight is 372 g/mol. The molecule has 1 aliphatic rings. The van der Waals surface area contributed by atoms with E-state index in [0.29, 0.717) is 24.0 Å². The minimum atomic E-state index is -1.12. The predicted molar refractivity (Wildman–Crippen MR) is 91.7 cm³/mol. The van der Waals surface area contributed by atoms with Crippen LogP contribution >= 0.6 is 0 Å². The van der Waals surface area contributed by atoms with Gasteiger partial charge in [-0.05, 0) is 30.9 Å². The van der Waals surface area contributed by atoms with Gasteiger partial charge in [0.05, 0.1) is 18.0 Å². The van der Waals surface area contributed by atoms with Crippen LogP contribution in [0.4, 0.5) is 5.82 Å². The van der Waals surface area contributed by atoms with Crippen molar-refractivity contribution in [2.45, 2.75) is 50.5 Å². The third-order valence-electron chi connectivity index (χ3n) is 4.55. The SMILES string of the molecule is Nc1ccc(C[C@@H](C(=O)[O-])c2cn(C3CCCCC3)cn2)cn1.O.O.[Na+]. The summed E-state index contributed by atoms with van der Waals surface area (Å²) in [5.41, 5.74) is 6.91. The number of hydrogen-bond acceptors (Lipinski definition) is 5. The quantitative estimate of drug-likeness (QED) is 0.546. The number of anilines is 1. The first-order valence-electron chi connectivity index (χ1n) is 8.08. The fourth-order valence-corrected chi connectivity index (χ4v) is 3.21. The third-order valence-corrected chi connectivity index (χ3v) is 4.55. The number of rotatable bonds is 5. The van der Waals surface area contributed by atoms with E-state index < -0.39 is 11.9 Å². The zero-order valence-corrected chi connectivity index (χ0v) is 17.0. The molecule has 2 heterocycles. The Morgan fingerprint density at radius 2 is 1.92 bits per heavy atom. The fraction of sp³-hybridized carbons (Fsp3) is 0.471. The molecule has 2 aromatic rings. The zero-order valence-electron chi connectivity index (χ0n) is 15.0. The number of pyridine rings is 1. The Labute approximate surface area is 174 Å². The van der Waals surface area contributed by atoms with Gasteiger partial charge in [-0.1, -0.05) is 25.3 Å². The summed E-state index contributed by atoms with van der Waals surface area (Å²) in [7, 11) is 0. The number of aromatic nitrogens is 3. The Kier molecular flexibility index (Phi) is 10.7. The van der Waals surface area contributed by atoms with E-state index in [1.165, 1.54) is 19.3 Å². The number of hydrogen-bond donors (Lipinski definition) is 1. The van der Waals surface area contributed by atoms with E-state index in [0.717, 1.165) is 18.4 Å². The van der Waals surface area contributed by atoms with Crippen molar-refractivity contribution < 1.29 is 50.4 Å². The van der Waals surface area contributed by atoms with Crippen LogP contribution in [-0.2, 0) is 11.2 Å². The van der Waals surface area contributed by atoms with Gasteiger partial charge in [0.25, 0.3) is 0 Å². The fourth-order valence-electron chi connectivity index (χ4n) is 3.21. The molecule has 3 rings (SSSR count). The van der Waals surface area contributed by atoms with Gasteiger partial charge in [0.2, 0.25) is 0 Å². The first-order chi connectivity index (χ1) is 11.1. The van der Waals surface area contributed by atoms with E-state index in [2.05, 4.69) is 14.5 Å². The number of nitrogens with zero attached hydrogens (tertiary/aromatic N) is 3. The molecule has 2 aromatic heterocycles. The summed E-state index contributed by atoms with van der Waals surface area (Å²) in [4.78, 5) is 19.9. The molecule has 1 fully saturated rings. The molecule has 0 aliphatic heterocycles. The molecule has 138 valence electrons. The number of nitrogens with two attached hydrogens (primary N) is 1. The summed E-state index contributed by atoms with van der Waals surface area (Å²) in [5, 5.41) is 11.6. The van der Waals surface area contributed by atoms with Crippen LogP contribution in [0.15, 0.2) is 30.9 Å². The Morgan fingerprint density at radius 3 is 2.50 bits per heavy atom. The summed E-state index contributed by atoms with van der Waals surface area (Å²) in [6.07, 6.45) is 11.5. The maximum absolute atomic E-state index is 11.6. The monoisotopic (exact) mass is 372 g/mol. The number of imidazole rings is 1. The van der Waals surface area contributed by atoms with E-state index >= 15 is 0 Å². The van der Waals surface area contributed by atoms with Crippen molar-refractivity contribution in [3.05, 3.63) is 42.1 Å². The molecule has 0 bridgehead atoms. The molecule has 6 N–H and O–H groups in total. The second-order valence-corrected chi connectivity index (χ2v) is 6.20. The molecule has 1 saturated carbocycles. The Balaban J connectivity index is 0.00000208. The van der Waals surface area contributed by atoms with E-state index in [9.17, 15) is 9.90 Å². The van der Waals surface area contributed by atoms with Crippen molar-refractivity contribution >= 4 is 11.8 Å². The van der Waals surface area contributed by atoms with Crippen molar-refractivity contribution in [1.29, 1.82) is 0 Å². The number of nitrogen functional groups attached to an aromatic ring is 1. The standard InChI is InChI=1S/C17H22N4O2.Na.2H2O/c18-16-7-6-12(9-19-16)8-14(17(22)23)15-10-21(11-20-15)13-4-2-1-3-5-13;;;/h6-7,9-11,13-14H,1-5,8H2,(H2,18,19)(H,22,23);;2*1H2/q;+1;;/p-1/t14-;;;/m1.../s1. The van der Waals surface area contributed by atoms with E-state index in [1.807, 2.05) is 6.20 Å². The van der Waals surface area contributed by atoms with Crippen molar-refractivity contribution in [1.82, 2.24) is 14.5 Å². The van der Waals surface area contributed by atoms with Gasteiger partial charge in [-0.25, -0.2) is 9.97 Å². The Bertz CT molecular complexity index is 672. The molecule has 0 radical (unpaired) electrons. The molecule has 8 nitrogen and oxygen atoms in total. The molecular formula is C17H25N4NaO4. The van der Waals surface area contributed by atoms with Crippen molar-refractivity contribution in [3.8, 4) is 0 Å². The molecule has 1 atom stereocenters. The first-order valence-corrected chi connectivity index (χ1v) is 8.08. The molecule has 1 aliphatic carbocycles. The van der Waals surface area contributed by atoms with Crippen molar-refractivity contribution in [3.63, 3.8) is 0 Å². The van der Waals surface area contributed by atoms with Gasteiger partial charge in [-0.2, -0.15) is 0 Å². The van der Waals surface area contributed by atoms with Gasteiger partial charge in [-0.3, -0.25) is 0 Å². The third kappa shape index (κ3) is 6.07. The normalized spacial score (nSPS) is 15.1. The van der Waals surface area contributed by atoms with Crippen LogP contribution in [-0.4, -0.2) is 31.5 Å². The second-order valence-electron chi connectivity index (χ2n) is 6.20. The second kappa shape index (κ2) is 11.3. The van der Waals surface area contributed by atoms with Crippen LogP contribution in [0, 0.1) is 0 Å². The molecular weight excluding hydrogens is 347 g/mol. The number of carbonyl (C=O) groups excluding carboxylic acids is 1. The minimum Gasteiger partial charge on any atom is -0.549 e. The summed E-state index contributed by atoms with van der Waals surface area (Å²) in [6, 6.07) is 3.89. The topological polar surface area (TPSA) is 160 Å². The van der Waals surface area contributed by atoms with Crippen LogP contribution in [0.2, 0.25) is 0 Å². The van der Waals surface area contributed by atoms with Crippen molar-refractivity contribution in [2.24, 2.45) is 0 Å². The summed E-state index contributed by atoms with van der Waals surface area (Å²) >= 11 is 0. The molecule has 0 saturated heterocycles. The summed E-state index contributed by atoms with van der Waals surface area (Å²) < 4.78 is 2.06. The molecule has 0 aromatic carbocycles. The maximum Gasteiger partial charge on any atom is 1.00 e. The maximum atomic E-state index is 11.6. The van der Waals surface area contributed by atoms with Crippen LogP contribution in [0.3, 0.4) is 0 Å². The molecule has 26 heavy (non-hydrogen) atoms. The van der Waals surface area contributed by atoms with Gasteiger partial charge in [0, 0.05) is 24.4 Å². The Hall–Kier alpha value is -1.45. The Morgan fingerprint density at radius 1 is 1.23 bits per heavy atom. The van der Waals surface area contributed by atoms with Crippen molar-refractivity contribution in [2.75, 3.05) is 5.73 Å². The minimum absolute atomic E-state index is 0. The molecule has 9 heteroatoms. The molecule has 0 amide bonds. The van der Waals surface area contributed by atoms with E-state index in [-0.39, 0.29) is 40.5 Å². The van der Waals surface area contributed by atoms with Crippen LogP contribution in [0.5, 0.6) is 0 Å². The van der Waals surface area contributed by atoms with E-state index in [4.69, 9.17) is 5.73 Å². The smallest absolute Gasteiger partial charge is 0.549 e. The van der Waals surface area contributed by atoms with Crippen LogP contribution in [0.25, 0.3) is 0 Å². The average Bonchev–Trinajstić information content (AvgIpc) is 3.04. The number of carbonyl (C=O) groups is 1. The zero-order chi connectivity index (χ0) is 16.2. The van der Waals surface area contributed by atoms with E-state index in [1.54, 1.807) is 24.7 Å². The predicted octanol–water partition coefficient (Wildman–Crippen LogP) is -3.20. The van der Waals surface area contributed by atoms with Gasteiger partial charge in [0.15, 0.2) is 0 Å². The molecule has 0 spiro atoms. The number of carboxylic acid groups (broad SMARTS) is 1. The largest absolute Gasteiger partial charge is 1.00 e. The van der Waals surface area contributed by atoms with Gasteiger partial charge in [0.1, 0.15) is 5.82 Å². The number of carboxylic acids is 1. The van der Waals surface area contributed by atoms with Gasteiger partial charge in [-0.15, -0.1) is 0 Å². The van der Waals surface area contributed by atoms with Gasteiger partial charge >= 0.3 is 29.6 Å². The van der Waals surface area contributed by atoms with Crippen LogP contribution in [0.1, 0.15) is 55.3 Å². The van der Waals surface area contributed by atoms with Gasteiger partial charge < -0.3 is 31.2 Å². The van der Waals surface area contributed by atoms with Crippen LogP contribution < -0.4 is 40.4 Å². The first kappa shape index (κ1) is 24.6.